The van der Waals surface area contributed by atoms with Crippen molar-refractivity contribution in [1.82, 2.24) is 4.90 Å². The number of nitrogens with two attached hydrogens (primary N) is 1. The second kappa shape index (κ2) is 5.87. The van der Waals surface area contributed by atoms with Gasteiger partial charge < -0.3 is 5.73 Å². The monoisotopic (exact) mass is 272 g/mol. The standard InChI is InChI=1S/C18H28N2/c1-3-17(19)18(15-6-4-5-13(2)11-15)20(16-9-10-16)12-14-7-8-14/h4-6,11,14,16-18H,3,7-10,12,19H2,1-2H3. The smallest absolute Gasteiger partial charge is 0.0502 e. The van der Waals surface area contributed by atoms with E-state index in [1.54, 1.807) is 0 Å². The van der Waals surface area contributed by atoms with E-state index in [0.717, 1.165) is 18.4 Å². The third-order valence-electron chi connectivity index (χ3n) is 4.80. The minimum Gasteiger partial charge on any atom is -0.326 e. The molecule has 2 fully saturated rings. The Hall–Kier alpha value is -0.860. The van der Waals surface area contributed by atoms with Crippen molar-refractivity contribution in [2.75, 3.05) is 6.54 Å². The number of benzene rings is 1. The fraction of sp³-hybridized carbons (Fsp3) is 0.667. The quantitative estimate of drug-likeness (QED) is 0.821. The summed E-state index contributed by atoms with van der Waals surface area (Å²) in [6.07, 6.45) is 6.62. The van der Waals surface area contributed by atoms with Crippen LogP contribution in [-0.4, -0.2) is 23.5 Å². The van der Waals surface area contributed by atoms with E-state index in [4.69, 9.17) is 5.73 Å². The van der Waals surface area contributed by atoms with Gasteiger partial charge in [0.05, 0.1) is 6.04 Å². The van der Waals surface area contributed by atoms with E-state index in [9.17, 15) is 0 Å². The van der Waals surface area contributed by atoms with Crippen LogP contribution >= 0.6 is 0 Å². The van der Waals surface area contributed by atoms with E-state index < -0.39 is 0 Å². The van der Waals surface area contributed by atoms with Crippen LogP contribution in [0.4, 0.5) is 0 Å². The Labute approximate surface area is 123 Å². The Balaban J connectivity index is 1.86. The van der Waals surface area contributed by atoms with Gasteiger partial charge in [-0.3, -0.25) is 4.90 Å². The molecule has 2 nitrogen and oxygen atoms in total. The predicted molar refractivity (Wildman–Crippen MR) is 84.6 cm³/mol. The van der Waals surface area contributed by atoms with Crippen LogP contribution in [0.15, 0.2) is 24.3 Å². The van der Waals surface area contributed by atoms with Gasteiger partial charge in [0.1, 0.15) is 0 Å². The molecule has 0 spiro atoms. The van der Waals surface area contributed by atoms with Gasteiger partial charge >= 0.3 is 0 Å². The zero-order valence-corrected chi connectivity index (χ0v) is 12.9. The second-order valence-corrected chi connectivity index (χ2v) is 6.80. The fourth-order valence-electron chi connectivity index (χ4n) is 3.26. The average molecular weight is 272 g/mol. The van der Waals surface area contributed by atoms with Crippen molar-refractivity contribution in [3.63, 3.8) is 0 Å². The average Bonchev–Trinajstić information content (AvgIpc) is 3.30. The minimum atomic E-state index is 0.246. The molecule has 2 atom stereocenters. The molecule has 1 aromatic rings. The maximum absolute atomic E-state index is 6.52. The molecular weight excluding hydrogens is 244 g/mol. The fourth-order valence-corrected chi connectivity index (χ4v) is 3.26. The van der Waals surface area contributed by atoms with Gasteiger partial charge in [0.2, 0.25) is 0 Å². The summed E-state index contributed by atoms with van der Waals surface area (Å²) in [5, 5.41) is 0. The van der Waals surface area contributed by atoms with Crippen molar-refractivity contribution in [2.24, 2.45) is 11.7 Å². The largest absolute Gasteiger partial charge is 0.326 e. The summed E-state index contributed by atoms with van der Waals surface area (Å²) in [5.74, 6) is 0.937. The summed E-state index contributed by atoms with van der Waals surface area (Å²) in [6.45, 7) is 5.66. The molecule has 0 aromatic heterocycles. The molecule has 110 valence electrons. The Morgan fingerprint density at radius 1 is 1.25 bits per heavy atom. The molecule has 1 aromatic carbocycles. The first-order valence-electron chi connectivity index (χ1n) is 8.27. The number of nitrogens with zero attached hydrogens (tertiary/aromatic N) is 1. The molecule has 2 unspecified atom stereocenters. The van der Waals surface area contributed by atoms with Crippen molar-refractivity contribution >= 4 is 0 Å². The van der Waals surface area contributed by atoms with Crippen LogP contribution in [0.3, 0.4) is 0 Å². The van der Waals surface area contributed by atoms with Crippen molar-refractivity contribution in [3.05, 3.63) is 35.4 Å². The van der Waals surface area contributed by atoms with Crippen LogP contribution in [0.2, 0.25) is 0 Å². The molecule has 0 radical (unpaired) electrons. The van der Waals surface area contributed by atoms with E-state index in [-0.39, 0.29) is 6.04 Å². The Morgan fingerprint density at radius 2 is 2.00 bits per heavy atom. The molecule has 2 N–H and O–H groups in total. The van der Waals surface area contributed by atoms with Gasteiger partial charge in [0.25, 0.3) is 0 Å². The third kappa shape index (κ3) is 3.24. The lowest BCUT2D eigenvalue weighted by atomic mass is 9.94. The molecule has 0 bridgehead atoms. The first kappa shape index (κ1) is 14.1. The van der Waals surface area contributed by atoms with Gasteiger partial charge in [0, 0.05) is 18.6 Å². The van der Waals surface area contributed by atoms with E-state index in [1.165, 1.54) is 43.4 Å². The predicted octanol–water partition coefficient (Wildman–Crippen LogP) is 3.65. The summed E-state index contributed by atoms with van der Waals surface area (Å²) in [6, 6.07) is 10.4. The van der Waals surface area contributed by atoms with Crippen molar-refractivity contribution in [1.29, 1.82) is 0 Å². The highest BCUT2D eigenvalue weighted by Gasteiger charge is 2.39. The van der Waals surface area contributed by atoms with E-state index in [1.807, 2.05) is 0 Å². The second-order valence-electron chi connectivity index (χ2n) is 6.80. The molecule has 20 heavy (non-hydrogen) atoms. The molecule has 0 aliphatic heterocycles. The zero-order valence-electron chi connectivity index (χ0n) is 12.9. The number of hydrogen-bond acceptors (Lipinski definition) is 2. The summed E-state index contributed by atoms with van der Waals surface area (Å²) in [4.78, 5) is 2.74. The van der Waals surface area contributed by atoms with Crippen LogP contribution < -0.4 is 5.73 Å². The SMILES string of the molecule is CCC(N)C(c1cccc(C)c1)N(CC1CC1)C1CC1. The van der Waals surface area contributed by atoms with Gasteiger partial charge in [-0.2, -0.15) is 0 Å². The number of hydrogen-bond donors (Lipinski definition) is 1. The highest BCUT2D eigenvalue weighted by molar-refractivity contribution is 5.27. The van der Waals surface area contributed by atoms with E-state index in [0.29, 0.717) is 6.04 Å². The summed E-state index contributed by atoms with van der Waals surface area (Å²) < 4.78 is 0. The first-order chi connectivity index (χ1) is 9.69. The zero-order chi connectivity index (χ0) is 14.1. The maximum Gasteiger partial charge on any atom is 0.0502 e. The molecule has 0 saturated heterocycles. The Kier molecular flexibility index (Phi) is 4.13. The lowest BCUT2D eigenvalue weighted by Crippen LogP contribution is -2.43. The lowest BCUT2D eigenvalue weighted by Gasteiger charge is -2.36. The molecule has 2 aliphatic carbocycles. The molecular formula is C18H28N2. The summed E-state index contributed by atoms with van der Waals surface area (Å²) in [5.41, 5.74) is 9.29. The van der Waals surface area contributed by atoms with Crippen molar-refractivity contribution in [2.45, 2.75) is 64.1 Å². The molecule has 0 heterocycles. The topological polar surface area (TPSA) is 29.3 Å². The normalized spacial score (nSPS) is 22.0. The number of rotatable bonds is 7. The summed E-state index contributed by atoms with van der Waals surface area (Å²) >= 11 is 0. The van der Waals surface area contributed by atoms with Crippen LogP contribution in [0.1, 0.15) is 56.2 Å². The first-order valence-corrected chi connectivity index (χ1v) is 8.27. The number of aryl methyl sites for hydroxylation is 1. The Morgan fingerprint density at radius 3 is 2.55 bits per heavy atom. The molecule has 3 rings (SSSR count). The van der Waals surface area contributed by atoms with Gasteiger partial charge in [-0.25, -0.2) is 0 Å². The van der Waals surface area contributed by atoms with Gasteiger partial charge in [-0.15, -0.1) is 0 Å². The van der Waals surface area contributed by atoms with E-state index in [2.05, 4.69) is 43.0 Å². The Bertz CT molecular complexity index is 448. The van der Waals surface area contributed by atoms with Gasteiger partial charge in [0.15, 0.2) is 0 Å². The van der Waals surface area contributed by atoms with Crippen molar-refractivity contribution in [3.8, 4) is 0 Å². The van der Waals surface area contributed by atoms with Crippen LogP contribution in [0, 0.1) is 12.8 Å². The van der Waals surface area contributed by atoms with Gasteiger partial charge in [-0.05, 0) is 50.5 Å². The third-order valence-corrected chi connectivity index (χ3v) is 4.80. The molecule has 0 amide bonds. The molecule has 2 saturated carbocycles. The highest BCUT2D eigenvalue weighted by atomic mass is 15.2. The van der Waals surface area contributed by atoms with Crippen molar-refractivity contribution < 1.29 is 0 Å². The molecule has 2 aliphatic rings. The van der Waals surface area contributed by atoms with Gasteiger partial charge in [-0.1, -0.05) is 36.8 Å². The minimum absolute atomic E-state index is 0.246. The van der Waals surface area contributed by atoms with E-state index >= 15 is 0 Å². The summed E-state index contributed by atoms with van der Waals surface area (Å²) in [7, 11) is 0. The molecule has 2 heteroatoms. The van der Waals surface area contributed by atoms with Crippen LogP contribution in [0.25, 0.3) is 0 Å². The van der Waals surface area contributed by atoms with Crippen LogP contribution in [-0.2, 0) is 0 Å². The lowest BCUT2D eigenvalue weighted by molar-refractivity contribution is 0.152. The maximum atomic E-state index is 6.52. The highest BCUT2D eigenvalue weighted by Crippen LogP contribution is 2.41. The van der Waals surface area contributed by atoms with Crippen LogP contribution in [0.5, 0.6) is 0 Å².